The molecular formula is C10H20N2O4S. The summed E-state index contributed by atoms with van der Waals surface area (Å²) in [5, 5.41) is 0. The van der Waals surface area contributed by atoms with Gasteiger partial charge >= 0.3 is 0 Å². The zero-order chi connectivity index (χ0) is 12.9. The summed E-state index contributed by atoms with van der Waals surface area (Å²) < 4.78 is 30.2. The number of nitrogens with zero attached hydrogens (tertiary/aromatic N) is 1. The fourth-order valence-corrected chi connectivity index (χ4v) is 2.71. The lowest BCUT2D eigenvalue weighted by Gasteiger charge is -2.32. The number of rotatable bonds is 5. The summed E-state index contributed by atoms with van der Waals surface area (Å²) in [6, 6.07) is -0.0495. The topological polar surface area (TPSA) is 75.7 Å². The van der Waals surface area contributed by atoms with Crippen molar-refractivity contribution < 1.29 is 17.9 Å². The van der Waals surface area contributed by atoms with Gasteiger partial charge in [-0.1, -0.05) is 0 Å². The monoisotopic (exact) mass is 264 g/mol. The molecule has 0 spiro atoms. The molecule has 0 aliphatic carbocycles. The van der Waals surface area contributed by atoms with Gasteiger partial charge in [-0.3, -0.25) is 4.79 Å². The summed E-state index contributed by atoms with van der Waals surface area (Å²) >= 11 is 0. The Labute approximate surface area is 102 Å². The number of ether oxygens (including phenoxy) is 1. The molecule has 0 saturated carbocycles. The van der Waals surface area contributed by atoms with Gasteiger partial charge in [0.15, 0.2) is 0 Å². The van der Waals surface area contributed by atoms with Crippen LogP contribution in [0.3, 0.4) is 0 Å². The Bertz CT molecular complexity index is 347. The number of methoxy groups -OCH3 is 1. The van der Waals surface area contributed by atoms with E-state index < -0.39 is 10.0 Å². The van der Waals surface area contributed by atoms with Crippen LogP contribution in [-0.2, 0) is 19.6 Å². The van der Waals surface area contributed by atoms with Crippen LogP contribution >= 0.6 is 0 Å². The van der Waals surface area contributed by atoms with E-state index in [9.17, 15) is 13.2 Å². The molecule has 100 valence electrons. The van der Waals surface area contributed by atoms with Crippen LogP contribution in [0.25, 0.3) is 0 Å². The number of carbonyl (C=O) groups is 1. The number of sulfonamides is 1. The van der Waals surface area contributed by atoms with Crippen LogP contribution in [0, 0.1) is 0 Å². The van der Waals surface area contributed by atoms with Crippen molar-refractivity contribution in [3.63, 3.8) is 0 Å². The maximum absolute atomic E-state index is 11.5. The first-order valence-electron chi connectivity index (χ1n) is 5.75. The van der Waals surface area contributed by atoms with Gasteiger partial charge in [0.25, 0.3) is 0 Å². The highest BCUT2D eigenvalue weighted by atomic mass is 32.2. The van der Waals surface area contributed by atoms with Gasteiger partial charge in [-0.05, 0) is 19.8 Å². The summed E-state index contributed by atoms with van der Waals surface area (Å²) in [6.45, 7) is 2.86. The second kappa shape index (κ2) is 6.32. The van der Waals surface area contributed by atoms with Crippen molar-refractivity contribution in [1.29, 1.82) is 0 Å². The van der Waals surface area contributed by atoms with E-state index in [2.05, 4.69) is 4.72 Å². The van der Waals surface area contributed by atoms with Crippen molar-refractivity contribution in [2.24, 2.45) is 0 Å². The van der Waals surface area contributed by atoms with Crippen molar-refractivity contribution in [3.8, 4) is 0 Å². The van der Waals surface area contributed by atoms with Gasteiger partial charge in [-0.2, -0.15) is 0 Å². The fourth-order valence-electron chi connectivity index (χ4n) is 1.80. The van der Waals surface area contributed by atoms with Crippen molar-refractivity contribution in [1.82, 2.24) is 9.62 Å². The minimum atomic E-state index is -3.15. The third kappa shape index (κ3) is 4.61. The Morgan fingerprint density at radius 2 is 2.00 bits per heavy atom. The Morgan fingerprint density at radius 1 is 1.41 bits per heavy atom. The highest BCUT2D eigenvalue weighted by Gasteiger charge is 2.24. The molecule has 1 aliphatic rings. The number of amides is 1. The third-order valence-corrected chi connectivity index (χ3v) is 4.29. The predicted molar refractivity (Wildman–Crippen MR) is 64.1 cm³/mol. The highest BCUT2D eigenvalue weighted by molar-refractivity contribution is 7.89. The number of piperidine rings is 1. The van der Waals surface area contributed by atoms with Crippen molar-refractivity contribution in [2.75, 3.05) is 32.6 Å². The summed E-state index contributed by atoms with van der Waals surface area (Å²) in [4.78, 5) is 13.2. The van der Waals surface area contributed by atoms with Crippen LogP contribution in [0.5, 0.6) is 0 Å². The van der Waals surface area contributed by atoms with Gasteiger partial charge in [0.05, 0.1) is 5.75 Å². The molecule has 1 heterocycles. The second-order valence-corrected chi connectivity index (χ2v) is 6.15. The van der Waals surface area contributed by atoms with Crippen molar-refractivity contribution in [2.45, 2.75) is 25.8 Å². The van der Waals surface area contributed by atoms with E-state index in [1.54, 1.807) is 11.8 Å². The molecule has 17 heavy (non-hydrogen) atoms. The lowest BCUT2D eigenvalue weighted by Crippen LogP contribution is -2.47. The van der Waals surface area contributed by atoms with Gasteiger partial charge in [0, 0.05) is 26.2 Å². The zero-order valence-corrected chi connectivity index (χ0v) is 11.1. The summed E-state index contributed by atoms with van der Waals surface area (Å²) in [5.74, 6) is 0.0554. The van der Waals surface area contributed by atoms with Gasteiger partial charge in [0.1, 0.15) is 6.61 Å². The normalized spacial score (nSPS) is 18.4. The van der Waals surface area contributed by atoms with E-state index in [-0.39, 0.29) is 24.3 Å². The number of hydrogen-bond acceptors (Lipinski definition) is 4. The van der Waals surface area contributed by atoms with E-state index in [0.29, 0.717) is 25.9 Å². The van der Waals surface area contributed by atoms with E-state index in [1.807, 2.05) is 0 Å². The molecule has 0 bridgehead atoms. The smallest absolute Gasteiger partial charge is 0.248 e. The Morgan fingerprint density at radius 3 is 2.47 bits per heavy atom. The fraction of sp³-hybridized carbons (Fsp3) is 0.900. The summed E-state index contributed by atoms with van der Waals surface area (Å²) in [6.07, 6.45) is 1.32. The van der Waals surface area contributed by atoms with E-state index in [1.165, 1.54) is 7.11 Å². The first-order chi connectivity index (χ1) is 7.98. The van der Waals surface area contributed by atoms with E-state index in [4.69, 9.17) is 4.74 Å². The zero-order valence-electron chi connectivity index (χ0n) is 10.3. The molecule has 0 radical (unpaired) electrons. The molecule has 1 rings (SSSR count). The average molecular weight is 264 g/mol. The first kappa shape index (κ1) is 14.4. The van der Waals surface area contributed by atoms with Crippen LogP contribution in [0.2, 0.25) is 0 Å². The summed E-state index contributed by atoms with van der Waals surface area (Å²) in [5.41, 5.74) is 0. The molecule has 0 aromatic heterocycles. The van der Waals surface area contributed by atoms with Crippen molar-refractivity contribution in [3.05, 3.63) is 0 Å². The largest absolute Gasteiger partial charge is 0.375 e. The van der Waals surface area contributed by atoms with Gasteiger partial charge in [0.2, 0.25) is 15.9 Å². The molecule has 1 amide bonds. The quantitative estimate of drug-likeness (QED) is 0.730. The highest BCUT2D eigenvalue weighted by Crippen LogP contribution is 2.11. The molecular weight excluding hydrogens is 244 g/mol. The number of likely N-dealkylation sites (tertiary alicyclic amines) is 1. The van der Waals surface area contributed by atoms with E-state index in [0.717, 1.165) is 0 Å². The van der Waals surface area contributed by atoms with Crippen molar-refractivity contribution >= 4 is 15.9 Å². The minimum absolute atomic E-state index is 0.0377. The third-order valence-electron chi connectivity index (χ3n) is 2.84. The standard InChI is InChI=1S/C10H20N2O4S/c1-3-17(14,15)11-9-4-6-12(7-5-9)10(13)8-16-2/h9,11H,3-8H2,1-2H3. The molecule has 0 unspecified atom stereocenters. The van der Waals surface area contributed by atoms with Gasteiger partial charge < -0.3 is 9.64 Å². The Kier molecular flexibility index (Phi) is 5.35. The maximum Gasteiger partial charge on any atom is 0.248 e. The molecule has 6 nitrogen and oxygen atoms in total. The van der Waals surface area contributed by atoms with Gasteiger partial charge in [-0.15, -0.1) is 0 Å². The van der Waals surface area contributed by atoms with Crippen LogP contribution in [0.1, 0.15) is 19.8 Å². The van der Waals surface area contributed by atoms with Crippen LogP contribution in [0.15, 0.2) is 0 Å². The number of hydrogen-bond donors (Lipinski definition) is 1. The summed E-state index contributed by atoms with van der Waals surface area (Å²) in [7, 11) is -1.66. The Balaban J connectivity index is 2.38. The lowest BCUT2D eigenvalue weighted by molar-refractivity contribution is -0.136. The molecule has 0 aromatic rings. The Hall–Kier alpha value is -0.660. The molecule has 7 heteroatoms. The first-order valence-corrected chi connectivity index (χ1v) is 7.40. The van der Waals surface area contributed by atoms with Crippen LogP contribution in [-0.4, -0.2) is 57.8 Å². The molecule has 0 atom stereocenters. The predicted octanol–water partition coefficient (Wildman–Crippen LogP) is -0.437. The minimum Gasteiger partial charge on any atom is -0.375 e. The van der Waals surface area contributed by atoms with Crippen LogP contribution in [0.4, 0.5) is 0 Å². The maximum atomic E-state index is 11.5. The molecule has 1 fully saturated rings. The van der Waals surface area contributed by atoms with E-state index >= 15 is 0 Å². The van der Waals surface area contributed by atoms with Gasteiger partial charge in [-0.25, -0.2) is 13.1 Å². The SMILES string of the molecule is CCS(=O)(=O)NC1CCN(C(=O)COC)CC1. The number of nitrogens with one attached hydrogen (secondary N) is 1. The number of carbonyl (C=O) groups excluding carboxylic acids is 1. The molecule has 1 N–H and O–H groups in total. The second-order valence-electron chi connectivity index (χ2n) is 4.11. The molecule has 0 aromatic carbocycles. The molecule has 1 aliphatic heterocycles. The lowest BCUT2D eigenvalue weighted by atomic mass is 10.1. The van der Waals surface area contributed by atoms with Crippen LogP contribution < -0.4 is 4.72 Å². The average Bonchev–Trinajstić information content (AvgIpc) is 2.30. The molecule has 1 saturated heterocycles.